The molecule has 0 spiro atoms. The second-order valence-electron chi connectivity index (χ2n) is 1.42. The van der Waals surface area contributed by atoms with Gasteiger partial charge < -0.3 is 10.6 Å². The van der Waals surface area contributed by atoms with Gasteiger partial charge in [-0.05, 0) is 0 Å². The standard InChI is InChI=1S/C4H9N3O3/c1-6-10-3-2-7(9)4(5)8/h9H,1-3H2,(H2,5,8). The summed E-state index contributed by atoms with van der Waals surface area (Å²) >= 11 is 0. The van der Waals surface area contributed by atoms with E-state index in [9.17, 15) is 4.79 Å². The molecule has 6 nitrogen and oxygen atoms in total. The fraction of sp³-hybridized carbons (Fsp3) is 0.500. The Morgan fingerprint density at radius 3 is 2.90 bits per heavy atom. The van der Waals surface area contributed by atoms with Gasteiger partial charge >= 0.3 is 6.03 Å². The first-order valence-electron chi connectivity index (χ1n) is 2.52. The molecule has 0 saturated heterocycles. The number of urea groups is 1. The lowest BCUT2D eigenvalue weighted by molar-refractivity contribution is -0.0559. The molecule has 0 aromatic carbocycles. The Labute approximate surface area is 57.8 Å². The maximum absolute atomic E-state index is 10.1. The second-order valence-corrected chi connectivity index (χ2v) is 1.42. The Morgan fingerprint density at radius 2 is 2.50 bits per heavy atom. The van der Waals surface area contributed by atoms with E-state index in [1.807, 2.05) is 0 Å². The average molecular weight is 147 g/mol. The van der Waals surface area contributed by atoms with E-state index in [0.717, 1.165) is 0 Å². The van der Waals surface area contributed by atoms with Gasteiger partial charge in [-0.25, -0.2) is 9.86 Å². The summed E-state index contributed by atoms with van der Waals surface area (Å²) in [5.74, 6) is 0. The van der Waals surface area contributed by atoms with E-state index in [2.05, 4.69) is 22.4 Å². The molecule has 0 bridgehead atoms. The highest BCUT2D eigenvalue weighted by molar-refractivity contribution is 5.70. The molecule has 0 saturated carbocycles. The summed E-state index contributed by atoms with van der Waals surface area (Å²) in [6.07, 6.45) is 0. The minimum Gasteiger partial charge on any atom is -0.394 e. The predicted octanol–water partition coefficient (Wildman–Crippen LogP) is -0.611. The zero-order valence-corrected chi connectivity index (χ0v) is 5.36. The van der Waals surface area contributed by atoms with Crippen LogP contribution in [0.3, 0.4) is 0 Å². The summed E-state index contributed by atoms with van der Waals surface area (Å²) in [6.45, 7) is 3.07. The number of nitrogens with zero attached hydrogens (tertiary/aromatic N) is 2. The maximum Gasteiger partial charge on any atom is 0.338 e. The van der Waals surface area contributed by atoms with Crippen molar-refractivity contribution in [1.82, 2.24) is 5.06 Å². The van der Waals surface area contributed by atoms with Crippen LogP contribution in [0.4, 0.5) is 4.79 Å². The van der Waals surface area contributed by atoms with Gasteiger partial charge in [0, 0.05) is 6.72 Å². The number of oxime groups is 1. The molecule has 0 aliphatic heterocycles. The Kier molecular flexibility index (Phi) is 3.97. The molecule has 10 heavy (non-hydrogen) atoms. The molecule has 0 unspecified atom stereocenters. The lowest BCUT2D eigenvalue weighted by Gasteiger charge is -2.09. The summed E-state index contributed by atoms with van der Waals surface area (Å²) in [5, 5.41) is 11.9. The Bertz CT molecular complexity index is 127. The molecule has 0 rings (SSSR count). The van der Waals surface area contributed by atoms with E-state index in [0.29, 0.717) is 5.06 Å². The fourth-order valence-corrected chi connectivity index (χ4v) is 0.302. The number of rotatable bonds is 4. The number of hydroxylamine groups is 2. The summed E-state index contributed by atoms with van der Waals surface area (Å²) in [5.41, 5.74) is 4.65. The quantitative estimate of drug-likeness (QED) is 0.240. The van der Waals surface area contributed by atoms with Crippen molar-refractivity contribution in [2.45, 2.75) is 0 Å². The van der Waals surface area contributed by atoms with Crippen LogP contribution in [-0.2, 0) is 4.84 Å². The van der Waals surface area contributed by atoms with Crippen LogP contribution in [0.1, 0.15) is 0 Å². The second kappa shape index (κ2) is 4.57. The van der Waals surface area contributed by atoms with E-state index in [4.69, 9.17) is 5.21 Å². The SMILES string of the molecule is C=NOCCN(O)C(N)=O. The van der Waals surface area contributed by atoms with E-state index >= 15 is 0 Å². The third-order valence-electron chi connectivity index (χ3n) is 0.740. The van der Waals surface area contributed by atoms with Gasteiger partial charge in [-0.3, -0.25) is 5.21 Å². The molecule has 0 aromatic rings. The van der Waals surface area contributed by atoms with Gasteiger partial charge in [0.1, 0.15) is 6.61 Å². The fourth-order valence-electron chi connectivity index (χ4n) is 0.302. The summed E-state index contributed by atoms with van der Waals surface area (Å²) in [4.78, 5) is 14.4. The van der Waals surface area contributed by atoms with Crippen LogP contribution in [-0.4, -0.2) is 36.2 Å². The topological polar surface area (TPSA) is 88.2 Å². The lowest BCUT2D eigenvalue weighted by atomic mass is 10.7. The van der Waals surface area contributed by atoms with Crippen LogP contribution in [0.2, 0.25) is 0 Å². The third kappa shape index (κ3) is 3.67. The highest BCUT2D eigenvalue weighted by atomic mass is 16.6. The molecule has 0 radical (unpaired) electrons. The van der Waals surface area contributed by atoms with Gasteiger partial charge in [0.25, 0.3) is 0 Å². The molecule has 0 atom stereocenters. The van der Waals surface area contributed by atoms with E-state index in [1.165, 1.54) is 0 Å². The number of carbonyl (C=O) groups is 1. The van der Waals surface area contributed by atoms with Crippen LogP contribution in [0.5, 0.6) is 0 Å². The van der Waals surface area contributed by atoms with Crippen LogP contribution in [0.25, 0.3) is 0 Å². The van der Waals surface area contributed by atoms with Gasteiger partial charge in [-0.15, -0.1) is 5.16 Å². The van der Waals surface area contributed by atoms with Crippen LogP contribution in [0.15, 0.2) is 5.16 Å². The zero-order chi connectivity index (χ0) is 7.98. The molecule has 0 heterocycles. The van der Waals surface area contributed by atoms with Gasteiger partial charge in [0.15, 0.2) is 0 Å². The van der Waals surface area contributed by atoms with Crippen molar-refractivity contribution in [3.8, 4) is 0 Å². The highest BCUT2D eigenvalue weighted by Crippen LogP contribution is 1.81. The molecule has 0 fully saturated rings. The molecule has 58 valence electrons. The minimum atomic E-state index is -0.923. The third-order valence-corrected chi connectivity index (χ3v) is 0.740. The van der Waals surface area contributed by atoms with Crippen molar-refractivity contribution in [2.24, 2.45) is 10.9 Å². The molecule has 0 aromatic heterocycles. The Balaban J connectivity index is 3.30. The molecule has 3 N–H and O–H groups in total. The molecular weight excluding hydrogens is 138 g/mol. The van der Waals surface area contributed by atoms with Crippen molar-refractivity contribution in [1.29, 1.82) is 0 Å². The maximum atomic E-state index is 10.1. The summed E-state index contributed by atoms with van der Waals surface area (Å²) in [6, 6.07) is -0.923. The van der Waals surface area contributed by atoms with Crippen molar-refractivity contribution in [3.05, 3.63) is 0 Å². The van der Waals surface area contributed by atoms with Crippen molar-refractivity contribution in [3.63, 3.8) is 0 Å². The molecule has 0 aliphatic carbocycles. The molecule has 2 amide bonds. The van der Waals surface area contributed by atoms with Crippen LogP contribution >= 0.6 is 0 Å². The van der Waals surface area contributed by atoms with E-state index < -0.39 is 6.03 Å². The van der Waals surface area contributed by atoms with E-state index in [-0.39, 0.29) is 13.2 Å². The number of hydrogen-bond donors (Lipinski definition) is 2. The van der Waals surface area contributed by atoms with Crippen molar-refractivity contribution in [2.75, 3.05) is 13.2 Å². The smallest absolute Gasteiger partial charge is 0.338 e. The predicted molar refractivity (Wildman–Crippen MR) is 33.6 cm³/mol. The number of primary amides is 1. The zero-order valence-electron chi connectivity index (χ0n) is 5.36. The van der Waals surface area contributed by atoms with Gasteiger partial charge in [0.05, 0.1) is 6.54 Å². The average Bonchev–Trinajstić information content (AvgIpc) is 1.88. The summed E-state index contributed by atoms with van der Waals surface area (Å²) in [7, 11) is 0. The molecular formula is C4H9N3O3. The lowest BCUT2D eigenvalue weighted by Crippen LogP contribution is -2.34. The van der Waals surface area contributed by atoms with Gasteiger partial charge in [-0.1, -0.05) is 0 Å². The first-order valence-corrected chi connectivity index (χ1v) is 2.52. The normalized spacial score (nSPS) is 8.50. The number of carbonyl (C=O) groups excluding carboxylic acids is 1. The highest BCUT2D eigenvalue weighted by Gasteiger charge is 2.03. The van der Waals surface area contributed by atoms with Crippen LogP contribution < -0.4 is 5.73 Å². The van der Waals surface area contributed by atoms with Crippen molar-refractivity contribution < 1.29 is 14.8 Å². The Morgan fingerprint density at radius 1 is 1.90 bits per heavy atom. The van der Waals surface area contributed by atoms with Crippen LogP contribution in [0, 0.1) is 0 Å². The largest absolute Gasteiger partial charge is 0.394 e. The van der Waals surface area contributed by atoms with E-state index in [1.54, 1.807) is 0 Å². The number of nitrogens with two attached hydrogens (primary N) is 1. The number of amides is 2. The van der Waals surface area contributed by atoms with Gasteiger partial charge in [-0.2, -0.15) is 0 Å². The summed E-state index contributed by atoms with van der Waals surface area (Å²) < 4.78 is 0. The Hall–Kier alpha value is -1.30. The first-order chi connectivity index (χ1) is 4.68. The number of hydrogen-bond acceptors (Lipinski definition) is 4. The first kappa shape index (κ1) is 8.70. The molecule has 0 aliphatic rings. The minimum absolute atomic E-state index is 0.0195. The molecule has 6 heteroatoms. The monoisotopic (exact) mass is 147 g/mol. The van der Waals surface area contributed by atoms with Gasteiger partial charge in [0.2, 0.25) is 0 Å². The van der Waals surface area contributed by atoms with Crippen molar-refractivity contribution >= 4 is 12.7 Å².